The monoisotopic (exact) mass is 206 g/mol. The fraction of sp³-hybridized carbons (Fsp3) is 0.273. The molecule has 0 amide bonds. The summed E-state index contributed by atoms with van der Waals surface area (Å²) in [5.41, 5.74) is 2.71. The van der Waals surface area contributed by atoms with E-state index in [1.165, 1.54) is 6.08 Å². The number of carboxylic acids is 1. The van der Waals surface area contributed by atoms with Crippen molar-refractivity contribution in [2.24, 2.45) is 7.05 Å². The second-order valence-electron chi connectivity index (χ2n) is 3.46. The second kappa shape index (κ2) is 4.59. The standard InChI is InChI=1S/C11H14N2O2/c1-8(5-11(14)15)4-9(2)10-6-12-13(3)7-10/h4-7H,1-3H3,(H,14,15)/b8-5-,9-4+. The first-order valence-corrected chi connectivity index (χ1v) is 4.57. The Hall–Kier alpha value is -1.84. The van der Waals surface area contributed by atoms with Gasteiger partial charge in [-0.3, -0.25) is 4.68 Å². The number of aromatic nitrogens is 2. The molecule has 0 aliphatic heterocycles. The number of nitrogens with zero attached hydrogens (tertiary/aromatic N) is 2. The van der Waals surface area contributed by atoms with Crippen molar-refractivity contribution >= 4 is 11.5 Å². The van der Waals surface area contributed by atoms with Crippen molar-refractivity contribution in [2.75, 3.05) is 0 Å². The van der Waals surface area contributed by atoms with Crippen LogP contribution in [0.3, 0.4) is 0 Å². The highest BCUT2D eigenvalue weighted by atomic mass is 16.4. The van der Waals surface area contributed by atoms with Gasteiger partial charge in [-0.05, 0) is 25.0 Å². The van der Waals surface area contributed by atoms with Gasteiger partial charge in [0.05, 0.1) is 6.20 Å². The molecule has 1 rings (SSSR count). The Kier molecular flexibility index (Phi) is 3.44. The maximum atomic E-state index is 10.4. The van der Waals surface area contributed by atoms with Crippen molar-refractivity contribution in [1.29, 1.82) is 0 Å². The Labute approximate surface area is 88.5 Å². The van der Waals surface area contributed by atoms with Gasteiger partial charge < -0.3 is 5.11 Å². The number of aliphatic carboxylic acids is 1. The average molecular weight is 206 g/mol. The van der Waals surface area contributed by atoms with E-state index in [0.717, 1.165) is 11.1 Å². The van der Waals surface area contributed by atoms with E-state index in [1.54, 1.807) is 17.8 Å². The Bertz CT molecular complexity index is 428. The van der Waals surface area contributed by atoms with Crippen molar-refractivity contribution in [1.82, 2.24) is 9.78 Å². The van der Waals surface area contributed by atoms with E-state index >= 15 is 0 Å². The molecule has 1 aromatic heterocycles. The summed E-state index contributed by atoms with van der Waals surface area (Å²) in [6, 6.07) is 0. The maximum Gasteiger partial charge on any atom is 0.328 e. The molecule has 4 nitrogen and oxygen atoms in total. The molecule has 0 saturated carbocycles. The molecule has 0 saturated heterocycles. The van der Waals surface area contributed by atoms with Crippen LogP contribution in [0.5, 0.6) is 0 Å². The summed E-state index contributed by atoms with van der Waals surface area (Å²) in [6.45, 7) is 3.68. The minimum absolute atomic E-state index is 0.712. The molecule has 0 fully saturated rings. The first-order valence-electron chi connectivity index (χ1n) is 4.57. The maximum absolute atomic E-state index is 10.4. The van der Waals surface area contributed by atoms with Crippen LogP contribution in [0.4, 0.5) is 0 Å². The summed E-state index contributed by atoms with van der Waals surface area (Å²) in [5.74, 6) is -0.928. The molecule has 0 atom stereocenters. The fourth-order valence-electron chi connectivity index (χ4n) is 1.29. The predicted molar refractivity (Wildman–Crippen MR) is 58.3 cm³/mol. The number of carboxylic acid groups (broad SMARTS) is 1. The lowest BCUT2D eigenvalue weighted by Gasteiger charge is -1.96. The van der Waals surface area contributed by atoms with Gasteiger partial charge in [-0.15, -0.1) is 0 Å². The van der Waals surface area contributed by atoms with Gasteiger partial charge in [-0.2, -0.15) is 5.10 Å². The van der Waals surface area contributed by atoms with Gasteiger partial charge >= 0.3 is 5.97 Å². The Balaban J connectivity index is 2.89. The normalized spacial score (nSPS) is 13.0. The quantitative estimate of drug-likeness (QED) is 0.606. The molecule has 0 radical (unpaired) electrons. The van der Waals surface area contributed by atoms with E-state index in [1.807, 2.05) is 26.2 Å². The zero-order valence-corrected chi connectivity index (χ0v) is 9.06. The molecule has 0 aliphatic rings. The third-order valence-electron chi connectivity index (χ3n) is 1.96. The number of rotatable bonds is 3. The molecule has 0 bridgehead atoms. The van der Waals surface area contributed by atoms with Crippen molar-refractivity contribution in [3.8, 4) is 0 Å². The minimum atomic E-state index is -0.928. The lowest BCUT2D eigenvalue weighted by molar-refractivity contribution is -0.131. The minimum Gasteiger partial charge on any atom is -0.478 e. The largest absolute Gasteiger partial charge is 0.478 e. The third-order valence-corrected chi connectivity index (χ3v) is 1.96. The van der Waals surface area contributed by atoms with Gasteiger partial charge in [-0.1, -0.05) is 6.08 Å². The summed E-state index contributed by atoms with van der Waals surface area (Å²) >= 11 is 0. The van der Waals surface area contributed by atoms with Gasteiger partial charge in [0.1, 0.15) is 0 Å². The summed E-state index contributed by atoms with van der Waals surface area (Å²) < 4.78 is 1.71. The molecule has 1 N–H and O–H groups in total. The molecule has 15 heavy (non-hydrogen) atoms. The number of hydrogen-bond acceptors (Lipinski definition) is 2. The highest BCUT2D eigenvalue weighted by Gasteiger charge is 1.99. The highest BCUT2D eigenvalue weighted by Crippen LogP contribution is 2.14. The summed E-state index contributed by atoms with van der Waals surface area (Å²) in [5, 5.41) is 12.6. The van der Waals surface area contributed by atoms with Crippen LogP contribution < -0.4 is 0 Å². The number of hydrogen-bond donors (Lipinski definition) is 1. The van der Waals surface area contributed by atoms with E-state index in [9.17, 15) is 4.79 Å². The summed E-state index contributed by atoms with van der Waals surface area (Å²) in [7, 11) is 1.84. The molecule has 0 spiro atoms. The molecular weight excluding hydrogens is 192 g/mol. The number of aryl methyl sites for hydroxylation is 1. The van der Waals surface area contributed by atoms with Crippen LogP contribution in [-0.2, 0) is 11.8 Å². The molecule has 1 heterocycles. The van der Waals surface area contributed by atoms with Crippen LogP contribution in [0.25, 0.3) is 5.57 Å². The Morgan fingerprint density at radius 2 is 2.13 bits per heavy atom. The van der Waals surface area contributed by atoms with E-state index < -0.39 is 5.97 Å². The van der Waals surface area contributed by atoms with Gasteiger partial charge in [0.2, 0.25) is 0 Å². The van der Waals surface area contributed by atoms with E-state index in [-0.39, 0.29) is 0 Å². The van der Waals surface area contributed by atoms with Crippen LogP contribution >= 0.6 is 0 Å². The van der Waals surface area contributed by atoms with Crippen molar-refractivity contribution in [3.05, 3.63) is 35.7 Å². The van der Waals surface area contributed by atoms with Gasteiger partial charge in [0.15, 0.2) is 0 Å². The van der Waals surface area contributed by atoms with Gasteiger partial charge in [0, 0.05) is 24.9 Å². The summed E-state index contributed by atoms with van der Waals surface area (Å²) in [6.07, 6.45) is 6.64. The molecular formula is C11H14N2O2. The van der Waals surface area contributed by atoms with Crippen LogP contribution in [0, 0.1) is 0 Å². The number of carbonyl (C=O) groups is 1. The second-order valence-corrected chi connectivity index (χ2v) is 3.46. The van der Waals surface area contributed by atoms with Crippen LogP contribution in [-0.4, -0.2) is 20.9 Å². The lowest BCUT2D eigenvalue weighted by Crippen LogP contribution is -1.88. The van der Waals surface area contributed by atoms with Crippen LogP contribution in [0.2, 0.25) is 0 Å². The zero-order valence-electron chi connectivity index (χ0n) is 9.06. The average Bonchev–Trinajstić information content (AvgIpc) is 2.49. The van der Waals surface area contributed by atoms with Gasteiger partial charge in [0.25, 0.3) is 0 Å². The molecule has 1 aromatic rings. The topological polar surface area (TPSA) is 55.1 Å². The van der Waals surface area contributed by atoms with Crippen LogP contribution in [0.15, 0.2) is 30.1 Å². The van der Waals surface area contributed by atoms with E-state index in [2.05, 4.69) is 5.10 Å². The SMILES string of the molecule is CC(=C/C(=O)O)/C=C(\C)c1cnn(C)c1. The first kappa shape index (κ1) is 11.2. The Morgan fingerprint density at radius 1 is 1.47 bits per heavy atom. The molecule has 0 aromatic carbocycles. The molecule has 0 unspecified atom stereocenters. The Morgan fingerprint density at radius 3 is 2.60 bits per heavy atom. The molecule has 80 valence electrons. The van der Waals surface area contributed by atoms with E-state index in [0.29, 0.717) is 5.57 Å². The van der Waals surface area contributed by atoms with Crippen molar-refractivity contribution < 1.29 is 9.90 Å². The predicted octanol–water partition coefficient (Wildman–Crippen LogP) is 1.85. The molecule has 4 heteroatoms. The van der Waals surface area contributed by atoms with Crippen molar-refractivity contribution in [3.63, 3.8) is 0 Å². The fourth-order valence-corrected chi connectivity index (χ4v) is 1.29. The number of allylic oxidation sites excluding steroid dienone is 3. The highest BCUT2D eigenvalue weighted by molar-refractivity contribution is 5.82. The lowest BCUT2D eigenvalue weighted by atomic mass is 10.1. The van der Waals surface area contributed by atoms with E-state index in [4.69, 9.17) is 5.11 Å². The molecule has 0 aliphatic carbocycles. The summed E-state index contributed by atoms with van der Waals surface area (Å²) in [4.78, 5) is 10.4. The first-order chi connectivity index (χ1) is 6.99. The smallest absolute Gasteiger partial charge is 0.328 e. The van der Waals surface area contributed by atoms with Crippen LogP contribution in [0.1, 0.15) is 19.4 Å². The third kappa shape index (κ3) is 3.42. The van der Waals surface area contributed by atoms with Crippen molar-refractivity contribution in [2.45, 2.75) is 13.8 Å². The zero-order chi connectivity index (χ0) is 11.4. The van der Waals surface area contributed by atoms with Gasteiger partial charge in [-0.25, -0.2) is 4.79 Å².